The maximum Gasteiger partial charge on any atom is 0.255 e. The largest absolute Gasteiger partial charge is 0.344 e. The molecule has 0 amide bonds. The summed E-state index contributed by atoms with van der Waals surface area (Å²) in [5, 5.41) is 29.4. The first-order chi connectivity index (χ1) is 13.6. The summed E-state index contributed by atoms with van der Waals surface area (Å²) in [7, 11) is -9.01. The molecular weight excluding hydrogens is 414 g/mol. The van der Waals surface area contributed by atoms with E-state index in [9.17, 15) is 16.8 Å². The van der Waals surface area contributed by atoms with E-state index in [2.05, 4.69) is 5.32 Å². The van der Waals surface area contributed by atoms with Gasteiger partial charge in [0.15, 0.2) is 5.57 Å². The number of hydrogen-bond acceptors (Lipinski definition) is 8. The minimum Gasteiger partial charge on any atom is -0.344 e. The Hall–Kier alpha value is -3.69. The molecule has 29 heavy (non-hydrogen) atoms. The van der Waals surface area contributed by atoms with Crippen molar-refractivity contribution in [3.05, 3.63) is 65.4 Å². The molecule has 0 aliphatic carbocycles. The third-order valence-electron chi connectivity index (χ3n) is 3.54. The van der Waals surface area contributed by atoms with E-state index in [4.69, 9.17) is 15.8 Å². The molecule has 9 nitrogen and oxygen atoms in total. The number of hydrogen-bond donors (Lipinski definition) is 2. The highest BCUT2D eigenvalue weighted by molar-refractivity contribution is 8.04. The maximum atomic E-state index is 12.7. The Morgan fingerprint density at radius 1 is 0.862 bits per heavy atom. The highest BCUT2D eigenvalue weighted by Crippen LogP contribution is 2.24. The molecule has 2 N–H and O–H groups in total. The van der Waals surface area contributed by atoms with Crippen LogP contribution in [0.5, 0.6) is 0 Å². The highest BCUT2D eigenvalue weighted by Gasteiger charge is 2.27. The number of nitrogens with zero attached hydrogens (tertiary/aromatic N) is 3. The van der Waals surface area contributed by atoms with Crippen LogP contribution in [0.2, 0.25) is 0 Å². The Morgan fingerprint density at radius 2 is 1.52 bits per heavy atom. The van der Waals surface area contributed by atoms with Crippen LogP contribution in [0.3, 0.4) is 0 Å². The Balaban J connectivity index is 2.51. The van der Waals surface area contributed by atoms with Crippen LogP contribution in [-0.4, -0.2) is 16.8 Å². The number of nitrogens with one attached hydrogen (secondary N) is 2. The predicted octanol–water partition coefficient (Wildman–Crippen LogP) is 1.90. The average Bonchev–Trinajstić information content (AvgIpc) is 2.67. The highest BCUT2D eigenvalue weighted by atomic mass is 32.3. The number of allylic oxidation sites excluding steroid dienone is 2. The number of anilines is 1. The summed E-state index contributed by atoms with van der Waals surface area (Å²) in [4.78, 5) is -0.723. The minimum atomic E-state index is -4.60. The van der Waals surface area contributed by atoms with Crippen LogP contribution >= 0.6 is 0 Å². The molecule has 0 saturated carbocycles. The van der Waals surface area contributed by atoms with Crippen LogP contribution in [0.4, 0.5) is 5.69 Å². The van der Waals surface area contributed by atoms with Crippen molar-refractivity contribution in [1.29, 1.82) is 15.8 Å². The van der Waals surface area contributed by atoms with Crippen molar-refractivity contribution in [3.8, 4) is 18.2 Å². The van der Waals surface area contributed by atoms with Crippen LogP contribution in [0.1, 0.15) is 5.56 Å². The van der Waals surface area contributed by atoms with Gasteiger partial charge in [-0.05, 0) is 36.8 Å². The van der Waals surface area contributed by atoms with Crippen LogP contribution in [-0.2, 0) is 20.0 Å². The van der Waals surface area contributed by atoms with Gasteiger partial charge in [0.2, 0.25) is 0 Å². The fourth-order valence-corrected chi connectivity index (χ4v) is 5.41. The van der Waals surface area contributed by atoms with Crippen molar-refractivity contribution in [1.82, 2.24) is 4.13 Å². The van der Waals surface area contributed by atoms with E-state index in [1.165, 1.54) is 48.5 Å². The molecular formula is C18H13N5O4S2. The molecule has 0 aliphatic rings. The van der Waals surface area contributed by atoms with Gasteiger partial charge in [-0.25, -0.2) is 16.8 Å². The summed E-state index contributed by atoms with van der Waals surface area (Å²) < 4.78 is 52.2. The van der Waals surface area contributed by atoms with E-state index in [0.717, 1.165) is 6.07 Å². The molecule has 2 aromatic rings. The summed E-state index contributed by atoms with van der Waals surface area (Å²) in [5.41, 5.74) is -0.588. The van der Waals surface area contributed by atoms with Crippen molar-refractivity contribution < 1.29 is 16.8 Å². The fraction of sp³-hybridized carbons (Fsp3) is 0.0556. The van der Waals surface area contributed by atoms with Gasteiger partial charge in [-0.2, -0.15) is 15.8 Å². The second-order valence-corrected chi connectivity index (χ2v) is 9.20. The maximum absolute atomic E-state index is 12.7. The van der Waals surface area contributed by atoms with Crippen LogP contribution in [0.25, 0.3) is 0 Å². The van der Waals surface area contributed by atoms with E-state index in [1.54, 1.807) is 23.2 Å². The fourth-order valence-electron chi connectivity index (χ4n) is 2.24. The summed E-state index contributed by atoms with van der Waals surface area (Å²) in [6.07, 6.45) is 0. The van der Waals surface area contributed by atoms with E-state index in [1.807, 2.05) is 0 Å². The third kappa shape index (κ3) is 4.98. The van der Waals surface area contributed by atoms with Gasteiger partial charge in [0, 0.05) is 0 Å². The molecule has 2 rings (SSSR count). The van der Waals surface area contributed by atoms with Crippen molar-refractivity contribution >= 4 is 25.7 Å². The first kappa shape index (κ1) is 21.6. The quantitative estimate of drug-likeness (QED) is 0.660. The van der Waals surface area contributed by atoms with Crippen LogP contribution in [0, 0.1) is 40.9 Å². The molecule has 2 aromatic carbocycles. The van der Waals surface area contributed by atoms with E-state index < -0.39 is 36.2 Å². The van der Waals surface area contributed by atoms with Gasteiger partial charge >= 0.3 is 0 Å². The van der Waals surface area contributed by atoms with Gasteiger partial charge in [0.05, 0.1) is 10.6 Å². The summed E-state index contributed by atoms with van der Waals surface area (Å²) in [6, 6.07) is 15.5. The summed E-state index contributed by atoms with van der Waals surface area (Å²) in [5.74, 6) is 0. The molecule has 0 radical (unpaired) electrons. The second kappa shape index (κ2) is 8.55. The Labute approximate surface area is 168 Å². The molecule has 0 unspecified atom stereocenters. The second-order valence-electron chi connectivity index (χ2n) is 5.61. The Bertz CT molecular complexity index is 1310. The van der Waals surface area contributed by atoms with Crippen LogP contribution in [0.15, 0.2) is 69.6 Å². The molecule has 0 aliphatic heterocycles. The smallest absolute Gasteiger partial charge is 0.255 e. The summed E-state index contributed by atoms with van der Waals surface area (Å²) in [6.45, 7) is 1.66. The number of benzene rings is 2. The lowest BCUT2D eigenvalue weighted by molar-refractivity contribution is 0.577. The number of rotatable bonds is 6. The zero-order valence-electron chi connectivity index (χ0n) is 14.9. The van der Waals surface area contributed by atoms with E-state index in [-0.39, 0.29) is 10.6 Å². The molecule has 0 aromatic heterocycles. The first-order valence-corrected chi connectivity index (χ1v) is 10.8. The standard InChI is InChI=1S/C18H13N5O4S2/c1-13-5-4-6-15(9-13)28(24,25)23-29(26,27)18-8-3-2-7-16(18)22-17(12-21)14(10-19)11-20/h2-9,22-23H,1H3. The monoisotopic (exact) mass is 427 g/mol. The molecule has 0 fully saturated rings. The molecule has 11 heteroatoms. The number of sulfonamides is 2. The molecule has 0 saturated heterocycles. The minimum absolute atomic E-state index is 0.181. The molecule has 0 bridgehead atoms. The van der Waals surface area contributed by atoms with Gasteiger partial charge in [-0.3, -0.25) is 0 Å². The lowest BCUT2D eigenvalue weighted by Crippen LogP contribution is -2.31. The van der Waals surface area contributed by atoms with Crippen molar-refractivity contribution in [3.63, 3.8) is 0 Å². The van der Waals surface area contributed by atoms with Crippen molar-refractivity contribution in [2.45, 2.75) is 16.7 Å². The normalized spacial score (nSPS) is 10.8. The molecule has 0 heterocycles. The predicted molar refractivity (Wildman–Crippen MR) is 103 cm³/mol. The number of aryl methyl sites for hydroxylation is 1. The van der Waals surface area contributed by atoms with Crippen molar-refractivity contribution in [2.75, 3.05) is 5.32 Å². The number of nitriles is 3. The van der Waals surface area contributed by atoms with Gasteiger partial charge in [-0.1, -0.05) is 24.3 Å². The zero-order chi connectivity index (χ0) is 21.7. The van der Waals surface area contributed by atoms with E-state index >= 15 is 0 Å². The lowest BCUT2D eigenvalue weighted by Gasteiger charge is -2.13. The third-order valence-corrected chi connectivity index (χ3v) is 7.11. The van der Waals surface area contributed by atoms with Gasteiger partial charge in [0.25, 0.3) is 20.0 Å². The SMILES string of the molecule is Cc1cccc(S(=O)(=O)NS(=O)(=O)c2ccccc2NC(C#N)=C(C#N)C#N)c1. The molecule has 0 spiro atoms. The Morgan fingerprint density at radius 3 is 2.10 bits per heavy atom. The molecule has 0 atom stereocenters. The first-order valence-electron chi connectivity index (χ1n) is 7.80. The van der Waals surface area contributed by atoms with Gasteiger partial charge < -0.3 is 5.32 Å². The topological polar surface area (TPSA) is 164 Å². The number of para-hydroxylation sites is 1. The van der Waals surface area contributed by atoms with Gasteiger partial charge in [0.1, 0.15) is 28.8 Å². The van der Waals surface area contributed by atoms with Crippen molar-refractivity contribution in [2.24, 2.45) is 0 Å². The van der Waals surface area contributed by atoms with Gasteiger partial charge in [-0.15, -0.1) is 4.13 Å². The Kier molecular flexibility index (Phi) is 6.37. The molecule has 146 valence electrons. The zero-order valence-corrected chi connectivity index (χ0v) is 16.5. The van der Waals surface area contributed by atoms with Crippen LogP contribution < -0.4 is 9.44 Å². The van der Waals surface area contributed by atoms with E-state index in [0.29, 0.717) is 5.56 Å². The lowest BCUT2D eigenvalue weighted by atomic mass is 10.2. The average molecular weight is 427 g/mol. The summed E-state index contributed by atoms with van der Waals surface area (Å²) >= 11 is 0.